The van der Waals surface area contributed by atoms with E-state index in [1.807, 2.05) is 0 Å². The summed E-state index contributed by atoms with van der Waals surface area (Å²) >= 11 is 3.19. The van der Waals surface area contributed by atoms with E-state index in [1.165, 1.54) is 6.07 Å². The number of phenols is 1. The third-order valence-corrected chi connectivity index (χ3v) is 2.81. The Morgan fingerprint density at radius 1 is 1.53 bits per heavy atom. The molecular weight excluding hydrogens is 265 g/mol. The summed E-state index contributed by atoms with van der Waals surface area (Å²) in [5, 5.41) is 12.7. The molecule has 82 valence electrons. The molecule has 1 saturated heterocycles. The van der Waals surface area contributed by atoms with Gasteiger partial charge in [0.15, 0.2) is 11.6 Å². The third kappa shape index (κ3) is 2.30. The van der Waals surface area contributed by atoms with Gasteiger partial charge in [0.1, 0.15) is 0 Å². The molecule has 15 heavy (non-hydrogen) atoms. The van der Waals surface area contributed by atoms with Crippen molar-refractivity contribution in [3.8, 4) is 5.75 Å². The van der Waals surface area contributed by atoms with Crippen LogP contribution in [0, 0.1) is 5.82 Å². The van der Waals surface area contributed by atoms with Crippen LogP contribution in [0.25, 0.3) is 0 Å². The second kappa shape index (κ2) is 4.47. The maximum absolute atomic E-state index is 13.2. The molecular formula is C10H11BrFNO2. The minimum atomic E-state index is -0.619. The van der Waals surface area contributed by atoms with Gasteiger partial charge in [-0.15, -0.1) is 0 Å². The van der Waals surface area contributed by atoms with Crippen LogP contribution in [0.3, 0.4) is 0 Å². The van der Waals surface area contributed by atoms with E-state index >= 15 is 0 Å². The first kappa shape index (κ1) is 10.9. The molecule has 1 heterocycles. The first-order valence-corrected chi connectivity index (χ1v) is 5.47. The molecule has 0 amide bonds. The van der Waals surface area contributed by atoms with Crippen LogP contribution in [0.15, 0.2) is 16.6 Å². The minimum Gasteiger partial charge on any atom is -0.505 e. The van der Waals surface area contributed by atoms with Crippen LogP contribution in [0.1, 0.15) is 11.6 Å². The summed E-state index contributed by atoms with van der Waals surface area (Å²) in [4.78, 5) is 0. The van der Waals surface area contributed by atoms with E-state index in [9.17, 15) is 9.50 Å². The SMILES string of the molecule is Oc1c(F)cc(Br)cc1C1COCCN1. The third-order valence-electron chi connectivity index (χ3n) is 2.35. The van der Waals surface area contributed by atoms with E-state index in [0.717, 1.165) is 0 Å². The summed E-state index contributed by atoms with van der Waals surface area (Å²) in [5.74, 6) is -0.923. The van der Waals surface area contributed by atoms with E-state index in [2.05, 4.69) is 21.2 Å². The Balaban J connectivity index is 2.33. The van der Waals surface area contributed by atoms with Crippen LogP contribution in [-0.2, 0) is 4.74 Å². The predicted molar refractivity (Wildman–Crippen MR) is 57.3 cm³/mol. The molecule has 0 saturated carbocycles. The number of halogens is 2. The number of nitrogens with one attached hydrogen (secondary N) is 1. The van der Waals surface area contributed by atoms with Crippen LogP contribution >= 0.6 is 15.9 Å². The van der Waals surface area contributed by atoms with Gasteiger partial charge in [-0.3, -0.25) is 0 Å². The lowest BCUT2D eigenvalue weighted by Crippen LogP contribution is -2.34. The number of benzene rings is 1. The molecule has 0 spiro atoms. The molecule has 3 nitrogen and oxygen atoms in total. The van der Waals surface area contributed by atoms with Gasteiger partial charge in [0, 0.05) is 16.6 Å². The van der Waals surface area contributed by atoms with Crippen LogP contribution in [0.2, 0.25) is 0 Å². The molecule has 1 aromatic carbocycles. The topological polar surface area (TPSA) is 41.5 Å². The molecule has 1 unspecified atom stereocenters. The Morgan fingerprint density at radius 3 is 3.00 bits per heavy atom. The van der Waals surface area contributed by atoms with Gasteiger partial charge in [0.2, 0.25) is 0 Å². The fourth-order valence-corrected chi connectivity index (χ4v) is 2.06. The highest BCUT2D eigenvalue weighted by atomic mass is 79.9. The largest absolute Gasteiger partial charge is 0.505 e. The Kier molecular flexibility index (Phi) is 3.23. The normalized spacial score (nSPS) is 21.6. The fourth-order valence-electron chi connectivity index (χ4n) is 1.62. The van der Waals surface area contributed by atoms with E-state index in [0.29, 0.717) is 29.8 Å². The lowest BCUT2D eigenvalue weighted by Gasteiger charge is -2.25. The Labute approximate surface area is 95.4 Å². The second-order valence-electron chi connectivity index (χ2n) is 3.41. The molecule has 1 fully saturated rings. The first-order valence-electron chi connectivity index (χ1n) is 4.67. The molecule has 5 heteroatoms. The number of hydrogen-bond acceptors (Lipinski definition) is 3. The fraction of sp³-hybridized carbons (Fsp3) is 0.400. The summed E-state index contributed by atoms with van der Waals surface area (Å²) in [6.45, 7) is 1.80. The van der Waals surface area contributed by atoms with Crippen molar-refractivity contribution in [3.63, 3.8) is 0 Å². The van der Waals surface area contributed by atoms with Gasteiger partial charge in [-0.2, -0.15) is 0 Å². The van der Waals surface area contributed by atoms with Gasteiger partial charge in [0.05, 0.1) is 19.3 Å². The zero-order chi connectivity index (χ0) is 10.8. The number of ether oxygens (including phenoxy) is 1. The quantitative estimate of drug-likeness (QED) is 0.823. The highest BCUT2D eigenvalue weighted by molar-refractivity contribution is 9.10. The van der Waals surface area contributed by atoms with Crippen molar-refractivity contribution < 1.29 is 14.2 Å². The van der Waals surface area contributed by atoms with Gasteiger partial charge in [-0.25, -0.2) is 4.39 Å². The second-order valence-corrected chi connectivity index (χ2v) is 4.32. The minimum absolute atomic E-state index is 0.147. The standard InChI is InChI=1S/C10H11BrFNO2/c11-6-3-7(10(14)8(12)4-6)9-5-15-2-1-13-9/h3-4,9,13-14H,1-2,5H2. The highest BCUT2D eigenvalue weighted by Gasteiger charge is 2.20. The van der Waals surface area contributed by atoms with Crippen molar-refractivity contribution in [2.45, 2.75) is 6.04 Å². The Hall–Kier alpha value is -0.650. The molecule has 0 aliphatic carbocycles. The maximum atomic E-state index is 13.2. The molecule has 0 aromatic heterocycles. The summed E-state index contributed by atoms with van der Waals surface area (Å²) in [7, 11) is 0. The van der Waals surface area contributed by atoms with Crippen molar-refractivity contribution in [2.24, 2.45) is 0 Å². The molecule has 1 aliphatic rings. The van der Waals surface area contributed by atoms with Gasteiger partial charge in [-0.05, 0) is 12.1 Å². The monoisotopic (exact) mass is 275 g/mol. The molecule has 1 atom stereocenters. The lowest BCUT2D eigenvalue weighted by atomic mass is 10.1. The zero-order valence-corrected chi connectivity index (χ0v) is 9.55. The van der Waals surface area contributed by atoms with E-state index in [-0.39, 0.29) is 11.8 Å². The number of morpholine rings is 1. The van der Waals surface area contributed by atoms with E-state index in [1.54, 1.807) is 6.07 Å². The zero-order valence-electron chi connectivity index (χ0n) is 7.96. The first-order chi connectivity index (χ1) is 7.18. The van der Waals surface area contributed by atoms with Crippen LogP contribution in [0.4, 0.5) is 4.39 Å². The van der Waals surface area contributed by atoms with Gasteiger partial charge in [-0.1, -0.05) is 15.9 Å². The van der Waals surface area contributed by atoms with Crippen LogP contribution in [-0.4, -0.2) is 24.9 Å². The van der Waals surface area contributed by atoms with Gasteiger partial charge in [0.25, 0.3) is 0 Å². The highest BCUT2D eigenvalue weighted by Crippen LogP contribution is 2.31. The number of phenolic OH excluding ortho intramolecular Hbond substituents is 1. The molecule has 1 aromatic rings. The van der Waals surface area contributed by atoms with Crippen molar-refractivity contribution in [1.82, 2.24) is 5.32 Å². The van der Waals surface area contributed by atoms with Crippen molar-refractivity contribution in [2.75, 3.05) is 19.8 Å². The Bertz CT molecular complexity index is 367. The van der Waals surface area contributed by atoms with Crippen molar-refractivity contribution in [3.05, 3.63) is 28.0 Å². The molecule has 2 rings (SSSR count). The number of aromatic hydroxyl groups is 1. The Morgan fingerprint density at radius 2 is 2.33 bits per heavy atom. The summed E-state index contributed by atoms with van der Waals surface area (Å²) in [6.07, 6.45) is 0. The summed E-state index contributed by atoms with van der Waals surface area (Å²) in [5.41, 5.74) is 0.529. The summed E-state index contributed by atoms with van der Waals surface area (Å²) < 4.78 is 19.1. The molecule has 1 aliphatic heterocycles. The van der Waals surface area contributed by atoms with E-state index < -0.39 is 5.82 Å². The number of rotatable bonds is 1. The van der Waals surface area contributed by atoms with Gasteiger partial charge < -0.3 is 15.2 Å². The smallest absolute Gasteiger partial charge is 0.166 e. The molecule has 0 bridgehead atoms. The molecule has 0 radical (unpaired) electrons. The van der Waals surface area contributed by atoms with Crippen molar-refractivity contribution in [1.29, 1.82) is 0 Å². The summed E-state index contributed by atoms with van der Waals surface area (Å²) in [6, 6.07) is 2.79. The van der Waals surface area contributed by atoms with Gasteiger partial charge >= 0.3 is 0 Å². The van der Waals surface area contributed by atoms with Crippen molar-refractivity contribution >= 4 is 15.9 Å². The maximum Gasteiger partial charge on any atom is 0.166 e. The predicted octanol–water partition coefficient (Wildman–Crippen LogP) is 1.95. The van der Waals surface area contributed by atoms with E-state index in [4.69, 9.17) is 4.74 Å². The van der Waals surface area contributed by atoms with Crippen LogP contribution < -0.4 is 5.32 Å². The number of hydrogen-bond donors (Lipinski definition) is 2. The average molecular weight is 276 g/mol. The van der Waals surface area contributed by atoms with Crippen LogP contribution in [0.5, 0.6) is 5.75 Å². The average Bonchev–Trinajstić information content (AvgIpc) is 2.24. The lowest BCUT2D eigenvalue weighted by molar-refractivity contribution is 0.0759. The molecule has 2 N–H and O–H groups in total.